The van der Waals surface area contributed by atoms with Crippen LogP contribution in [0.15, 0.2) is 24.3 Å². The standard InChI is InChI=1S/C14H22ClNO2S/c1-14(2,3)19(17,18)9-8-12(10-16)11-4-6-13(15)7-5-11/h4-7,12H,8-10,16H2,1-3H3. The van der Waals surface area contributed by atoms with Gasteiger partial charge in [-0.25, -0.2) is 8.42 Å². The average Bonchev–Trinajstić information content (AvgIpc) is 2.30. The van der Waals surface area contributed by atoms with Crippen molar-refractivity contribution in [2.24, 2.45) is 5.73 Å². The third-order valence-electron chi connectivity index (χ3n) is 3.29. The van der Waals surface area contributed by atoms with Crippen LogP contribution in [0.25, 0.3) is 0 Å². The first-order chi connectivity index (χ1) is 8.67. The van der Waals surface area contributed by atoms with Crippen molar-refractivity contribution in [2.75, 3.05) is 12.3 Å². The Bertz CT molecular complexity index is 503. The highest BCUT2D eigenvalue weighted by molar-refractivity contribution is 7.92. The summed E-state index contributed by atoms with van der Waals surface area (Å²) in [5.41, 5.74) is 6.79. The van der Waals surface area contributed by atoms with E-state index < -0.39 is 14.6 Å². The molecule has 0 aliphatic heterocycles. The van der Waals surface area contributed by atoms with Gasteiger partial charge in [-0.15, -0.1) is 0 Å². The van der Waals surface area contributed by atoms with Gasteiger partial charge in [-0.05, 0) is 57.4 Å². The van der Waals surface area contributed by atoms with Crippen LogP contribution in [0.2, 0.25) is 5.02 Å². The summed E-state index contributed by atoms with van der Waals surface area (Å²) < 4.78 is 23.5. The summed E-state index contributed by atoms with van der Waals surface area (Å²) in [4.78, 5) is 0. The molecule has 1 rings (SSSR count). The van der Waals surface area contributed by atoms with Crippen LogP contribution < -0.4 is 5.73 Å². The maximum absolute atomic E-state index is 12.1. The highest BCUT2D eigenvalue weighted by atomic mass is 35.5. The van der Waals surface area contributed by atoms with Crippen molar-refractivity contribution >= 4 is 21.4 Å². The molecule has 0 radical (unpaired) electrons. The van der Waals surface area contributed by atoms with Gasteiger partial charge in [-0.1, -0.05) is 23.7 Å². The quantitative estimate of drug-likeness (QED) is 0.909. The van der Waals surface area contributed by atoms with Gasteiger partial charge < -0.3 is 5.73 Å². The van der Waals surface area contributed by atoms with Crippen LogP contribution in [-0.2, 0) is 9.84 Å². The van der Waals surface area contributed by atoms with Crippen molar-refractivity contribution in [1.82, 2.24) is 0 Å². The highest BCUT2D eigenvalue weighted by Crippen LogP contribution is 2.24. The second-order valence-electron chi connectivity index (χ2n) is 5.70. The minimum Gasteiger partial charge on any atom is -0.330 e. The summed E-state index contributed by atoms with van der Waals surface area (Å²) in [7, 11) is -3.10. The van der Waals surface area contributed by atoms with E-state index in [9.17, 15) is 8.42 Å². The summed E-state index contributed by atoms with van der Waals surface area (Å²) in [6.07, 6.45) is 0.539. The predicted octanol–water partition coefficient (Wildman–Crippen LogP) is 2.99. The molecule has 1 atom stereocenters. The van der Waals surface area contributed by atoms with E-state index in [1.54, 1.807) is 32.9 Å². The number of halogens is 1. The molecular formula is C14H22ClNO2S. The third kappa shape index (κ3) is 4.48. The van der Waals surface area contributed by atoms with Gasteiger partial charge in [0.1, 0.15) is 0 Å². The van der Waals surface area contributed by atoms with Gasteiger partial charge >= 0.3 is 0 Å². The largest absolute Gasteiger partial charge is 0.330 e. The fraction of sp³-hybridized carbons (Fsp3) is 0.571. The molecule has 0 aliphatic carbocycles. The third-order valence-corrected chi connectivity index (χ3v) is 6.19. The fourth-order valence-corrected chi connectivity index (χ4v) is 3.09. The van der Waals surface area contributed by atoms with E-state index in [0.29, 0.717) is 18.0 Å². The molecule has 0 aliphatic rings. The summed E-state index contributed by atoms with van der Waals surface area (Å²) in [6.45, 7) is 5.60. The van der Waals surface area contributed by atoms with Crippen LogP contribution in [0.1, 0.15) is 38.7 Å². The minimum atomic E-state index is -3.10. The first-order valence-corrected chi connectivity index (χ1v) is 8.38. The van der Waals surface area contributed by atoms with Crippen LogP contribution in [0, 0.1) is 0 Å². The van der Waals surface area contributed by atoms with Crippen molar-refractivity contribution in [3.8, 4) is 0 Å². The molecule has 0 spiro atoms. The number of sulfone groups is 1. The van der Waals surface area contributed by atoms with E-state index >= 15 is 0 Å². The van der Waals surface area contributed by atoms with Crippen molar-refractivity contribution in [1.29, 1.82) is 0 Å². The van der Waals surface area contributed by atoms with Crippen LogP contribution in [0.3, 0.4) is 0 Å². The topological polar surface area (TPSA) is 60.2 Å². The Morgan fingerprint density at radius 3 is 2.16 bits per heavy atom. The SMILES string of the molecule is CC(C)(C)S(=O)(=O)CCC(CN)c1ccc(Cl)cc1. The van der Waals surface area contributed by atoms with E-state index in [-0.39, 0.29) is 11.7 Å². The Hall–Kier alpha value is -0.580. The molecule has 0 saturated heterocycles. The number of benzene rings is 1. The van der Waals surface area contributed by atoms with E-state index in [4.69, 9.17) is 17.3 Å². The first kappa shape index (κ1) is 16.5. The van der Waals surface area contributed by atoms with Crippen molar-refractivity contribution in [2.45, 2.75) is 37.9 Å². The van der Waals surface area contributed by atoms with Crippen LogP contribution in [0.4, 0.5) is 0 Å². The smallest absolute Gasteiger partial charge is 0.155 e. The van der Waals surface area contributed by atoms with Gasteiger partial charge in [-0.2, -0.15) is 0 Å². The maximum atomic E-state index is 12.1. The molecule has 108 valence electrons. The highest BCUT2D eigenvalue weighted by Gasteiger charge is 2.29. The molecular weight excluding hydrogens is 282 g/mol. The number of hydrogen-bond donors (Lipinski definition) is 1. The lowest BCUT2D eigenvalue weighted by atomic mass is 9.97. The van der Waals surface area contributed by atoms with Gasteiger partial charge in [-0.3, -0.25) is 0 Å². The summed E-state index contributed by atoms with van der Waals surface area (Å²) in [6, 6.07) is 7.42. The number of rotatable bonds is 5. The van der Waals surface area contributed by atoms with Gasteiger partial charge in [0.05, 0.1) is 10.5 Å². The molecule has 1 aromatic carbocycles. The second-order valence-corrected chi connectivity index (χ2v) is 9.00. The van der Waals surface area contributed by atoms with E-state index in [2.05, 4.69) is 0 Å². The Morgan fingerprint density at radius 1 is 1.21 bits per heavy atom. The zero-order chi connectivity index (χ0) is 14.7. The molecule has 19 heavy (non-hydrogen) atoms. The molecule has 1 unspecified atom stereocenters. The summed E-state index contributed by atoms with van der Waals surface area (Å²) >= 11 is 5.84. The predicted molar refractivity (Wildman–Crippen MR) is 81.4 cm³/mol. The molecule has 0 amide bonds. The Balaban J connectivity index is 2.77. The lowest BCUT2D eigenvalue weighted by Gasteiger charge is -2.21. The second kappa shape index (κ2) is 6.25. The van der Waals surface area contributed by atoms with Crippen molar-refractivity contribution in [3.05, 3.63) is 34.9 Å². The van der Waals surface area contributed by atoms with Crippen LogP contribution >= 0.6 is 11.6 Å². The van der Waals surface area contributed by atoms with Gasteiger partial charge in [0.25, 0.3) is 0 Å². The molecule has 2 N–H and O–H groups in total. The first-order valence-electron chi connectivity index (χ1n) is 6.35. The number of hydrogen-bond acceptors (Lipinski definition) is 3. The van der Waals surface area contributed by atoms with Crippen molar-refractivity contribution in [3.63, 3.8) is 0 Å². The molecule has 0 saturated carbocycles. The summed E-state index contributed by atoms with van der Waals surface area (Å²) in [5.74, 6) is 0.204. The molecule has 0 fully saturated rings. The molecule has 0 aromatic heterocycles. The number of nitrogens with two attached hydrogens (primary N) is 1. The van der Waals surface area contributed by atoms with Gasteiger partial charge in [0.15, 0.2) is 9.84 Å². The molecule has 3 nitrogen and oxygen atoms in total. The lowest BCUT2D eigenvalue weighted by Crippen LogP contribution is -2.31. The minimum absolute atomic E-state index is 0.0504. The lowest BCUT2D eigenvalue weighted by molar-refractivity contribution is 0.551. The monoisotopic (exact) mass is 303 g/mol. The molecule has 0 heterocycles. The Morgan fingerprint density at radius 2 is 1.74 bits per heavy atom. The van der Waals surface area contributed by atoms with Crippen LogP contribution in [0.5, 0.6) is 0 Å². The fourth-order valence-electron chi connectivity index (χ4n) is 1.76. The maximum Gasteiger partial charge on any atom is 0.155 e. The zero-order valence-corrected chi connectivity index (χ0v) is 13.3. The van der Waals surface area contributed by atoms with E-state index in [0.717, 1.165) is 5.56 Å². The Kier molecular flexibility index (Phi) is 5.42. The normalized spacial score (nSPS) is 14.4. The van der Waals surface area contributed by atoms with Crippen molar-refractivity contribution < 1.29 is 8.42 Å². The summed E-state index contributed by atoms with van der Waals surface area (Å²) in [5, 5.41) is 0.668. The zero-order valence-electron chi connectivity index (χ0n) is 11.7. The molecule has 0 bridgehead atoms. The van der Waals surface area contributed by atoms with Gasteiger partial charge in [0, 0.05) is 5.02 Å². The van der Waals surface area contributed by atoms with Crippen LogP contribution in [-0.4, -0.2) is 25.5 Å². The molecule has 5 heteroatoms. The van der Waals surface area contributed by atoms with Gasteiger partial charge in [0.2, 0.25) is 0 Å². The van der Waals surface area contributed by atoms with E-state index in [1.165, 1.54) is 0 Å². The molecule has 1 aromatic rings. The Labute approximate surface area is 121 Å². The average molecular weight is 304 g/mol. The van der Waals surface area contributed by atoms with E-state index in [1.807, 2.05) is 12.1 Å².